The Balaban J connectivity index is 1.93. The zero-order valence-electron chi connectivity index (χ0n) is 8.55. The van der Waals surface area contributed by atoms with Crippen molar-refractivity contribution < 1.29 is 18.3 Å². The van der Waals surface area contributed by atoms with Crippen LogP contribution in [-0.2, 0) is 14.6 Å². The summed E-state index contributed by atoms with van der Waals surface area (Å²) in [6, 6.07) is 0. The molecule has 86 valence electrons. The molecule has 0 aromatic rings. The molecule has 0 spiro atoms. The molecule has 2 rings (SSSR count). The Labute approximate surface area is 89.6 Å². The molecule has 1 saturated heterocycles. The van der Waals surface area contributed by atoms with Crippen LogP contribution in [0.25, 0.3) is 0 Å². The van der Waals surface area contributed by atoms with Gasteiger partial charge in [0, 0.05) is 0 Å². The number of hydrogen-bond donors (Lipinski definition) is 1. The fraction of sp³-hybridized carbons (Fsp3) is 0.900. The lowest BCUT2D eigenvalue weighted by Gasteiger charge is -2.14. The van der Waals surface area contributed by atoms with Crippen LogP contribution in [0.2, 0.25) is 0 Å². The number of carboxylic acid groups (broad SMARTS) is 1. The first kappa shape index (κ1) is 10.9. The van der Waals surface area contributed by atoms with Crippen LogP contribution in [0, 0.1) is 17.8 Å². The van der Waals surface area contributed by atoms with Gasteiger partial charge in [-0.2, -0.15) is 0 Å². The van der Waals surface area contributed by atoms with Gasteiger partial charge in [0.05, 0.1) is 17.4 Å². The van der Waals surface area contributed by atoms with Gasteiger partial charge in [0.1, 0.15) is 0 Å². The second-order valence-electron chi connectivity index (χ2n) is 4.79. The molecule has 1 aliphatic heterocycles. The Bertz CT molecular complexity index is 356. The second kappa shape index (κ2) is 3.77. The van der Waals surface area contributed by atoms with E-state index in [9.17, 15) is 13.2 Å². The fourth-order valence-corrected chi connectivity index (χ4v) is 4.29. The topological polar surface area (TPSA) is 71.4 Å². The molecule has 5 heteroatoms. The highest BCUT2D eigenvalue weighted by Gasteiger charge is 2.39. The van der Waals surface area contributed by atoms with Crippen molar-refractivity contribution in [1.29, 1.82) is 0 Å². The molecule has 2 atom stereocenters. The molecular weight excluding hydrogens is 216 g/mol. The van der Waals surface area contributed by atoms with Crippen molar-refractivity contribution in [2.24, 2.45) is 17.8 Å². The Kier molecular flexibility index (Phi) is 2.75. The molecule has 2 fully saturated rings. The van der Waals surface area contributed by atoms with Crippen LogP contribution < -0.4 is 0 Å². The third-order valence-electron chi connectivity index (χ3n) is 3.42. The standard InChI is InChI=1S/C10H16O4S/c11-10(12)9(8-1-2-8)5-7-3-4-15(13,14)6-7/h7-9H,1-6H2,(H,11,12). The summed E-state index contributed by atoms with van der Waals surface area (Å²) in [5.74, 6) is -0.217. The zero-order chi connectivity index (χ0) is 11.1. The Morgan fingerprint density at radius 2 is 2.00 bits per heavy atom. The summed E-state index contributed by atoms with van der Waals surface area (Å²) >= 11 is 0. The molecule has 0 bridgehead atoms. The van der Waals surface area contributed by atoms with Crippen LogP contribution in [0.3, 0.4) is 0 Å². The van der Waals surface area contributed by atoms with E-state index in [4.69, 9.17) is 5.11 Å². The minimum absolute atomic E-state index is 0.0803. The van der Waals surface area contributed by atoms with Crippen molar-refractivity contribution in [1.82, 2.24) is 0 Å². The molecule has 1 aliphatic carbocycles. The molecule has 2 unspecified atom stereocenters. The third-order valence-corrected chi connectivity index (χ3v) is 5.26. The van der Waals surface area contributed by atoms with Gasteiger partial charge in [-0.3, -0.25) is 4.79 Å². The second-order valence-corrected chi connectivity index (χ2v) is 7.02. The van der Waals surface area contributed by atoms with Crippen molar-refractivity contribution in [2.75, 3.05) is 11.5 Å². The maximum atomic E-state index is 11.2. The maximum Gasteiger partial charge on any atom is 0.306 e. The zero-order valence-corrected chi connectivity index (χ0v) is 9.37. The van der Waals surface area contributed by atoms with E-state index >= 15 is 0 Å². The Morgan fingerprint density at radius 1 is 1.33 bits per heavy atom. The molecule has 1 saturated carbocycles. The van der Waals surface area contributed by atoms with E-state index in [1.165, 1.54) is 0 Å². The molecular formula is C10H16O4S. The van der Waals surface area contributed by atoms with Crippen LogP contribution >= 0.6 is 0 Å². The number of sulfone groups is 1. The minimum atomic E-state index is -2.87. The van der Waals surface area contributed by atoms with Gasteiger partial charge >= 0.3 is 5.97 Å². The van der Waals surface area contributed by atoms with E-state index in [0.29, 0.717) is 18.8 Å². The summed E-state index contributed by atoms with van der Waals surface area (Å²) in [4.78, 5) is 11.0. The molecule has 1 N–H and O–H groups in total. The average Bonchev–Trinajstić information content (AvgIpc) is 2.88. The summed E-state index contributed by atoms with van der Waals surface area (Å²) < 4.78 is 22.5. The largest absolute Gasteiger partial charge is 0.481 e. The van der Waals surface area contributed by atoms with Crippen LogP contribution in [0.5, 0.6) is 0 Å². The molecule has 1 heterocycles. The monoisotopic (exact) mass is 232 g/mol. The number of rotatable bonds is 4. The van der Waals surface area contributed by atoms with E-state index in [-0.39, 0.29) is 23.3 Å². The van der Waals surface area contributed by atoms with Gasteiger partial charge < -0.3 is 5.11 Å². The van der Waals surface area contributed by atoms with E-state index < -0.39 is 15.8 Å². The summed E-state index contributed by atoms with van der Waals surface area (Å²) in [5.41, 5.74) is 0. The van der Waals surface area contributed by atoms with Gasteiger partial charge in [0.2, 0.25) is 0 Å². The smallest absolute Gasteiger partial charge is 0.306 e. The van der Waals surface area contributed by atoms with E-state index in [2.05, 4.69) is 0 Å². The Hall–Kier alpha value is -0.580. The van der Waals surface area contributed by atoms with Crippen molar-refractivity contribution in [2.45, 2.75) is 25.7 Å². The molecule has 0 aromatic carbocycles. The van der Waals surface area contributed by atoms with Crippen LogP contribution in [0.1, 0.15) is 25.7 Å². The summed E-state index contributed by atoms with van der Waals surface area (Å²) in [5, 5.41) is 9.02. The number of hydrogen-bond acceptors (Lipinski definition) is 3. The van der Waals surface area contributed by atoms with Gasteiger partial charge in [0.15, 0.2) is 9.84 Å². The van der Waals surface area contributed by atoms with Gasteiger partial charge in [-0.15, -0.1) is 0 Å². The fourth-order valence-electron chi connectivity index (χ4n) is 2.41. The van der Waals surface area contributed by atoms with Crippen LogP contribution in [-0.4, -0.2) is 31.0 Å². The first-order valence-corrected chi connectivity index (χ1v) is 7.23. The molecule has 4 nitrogen and oxygen atoms in total. The van der Waals surface area contributed by atoms with E-state index in [0.717, 1.165) is 12.8 Å². The van der Waals surface area contributed by atoms with Crippen molar-refractivity contribution in [3.8, 4) is 0 Å². The van der Waals surface area contributed by atoms with Crippen molar-refractivity contribution in [3.05, 3.63) is 0 Å². The quantitative estimate of drug-likeness (QED) is 0.782. The Morgan fingerprint density at radius 3 is 2.40 bits per heavy atom. The lowest BCUT2D eigenvalue weighted by molar-refractivity contribution is -0.143. The van der Waals surface area contributed by atoms with E-state index in [1.807, 2.05) is 0 Å². The summed E-state index contributed by atoms with van der Waals surface area (Å²) in [6.07, 6.45) is 3.20. The predicted molar refractivity (Wildman–Crippen MR) is 55.2 cm³/mol. The van der Waals surface area contributed by atoms with Crippen LogP contribution in [0.15, 0.2) is 0 Å². The summed E-state index contributed by atoms with van der Waals surface area (Å²) in [6.45, 7) is 0. The number of carboxylic acids is 1. The normalized spacial score (nSPS) is 31.3. The molecule has 0 radical (unpaired) electrons. The third kappa shape index (κ3) is 2.71. The molecule has 15 heavy (non-hydrogen) atoms. The highest BCUT2D eigenvalue weighted by atomic mass is 32.2. The van der Waals surface area contributed by atoms with Gasteiger partial charge in [0.25, 0.3) is 0 Å². The SMILES string of the molecule is O=C(O)C(CC1CCS(=O)(=O)C1)C1CC1. The minimum Gasteiger partial charge on any atom is -0.481 e. The van der Waals surface area contributed by atoms with Crippen molar-refractivity contribution >= 4 is 15.8 Å². The van der Waals surface area contributed by atoms with E-state index in [1.54, 1.807) is 0 Å². The van der Waals surface area contributed by atoms with Crippen LogP contribution in [0.4, 0.5) is 0 Å². The van der Waals surface area contributed by atoms with Crippen molar-refractivity contribution in [3.63, 3.8) is 0 Å². The molecule has 0 aromatic heterocycles. The summed E-state index contributed by atoms with van der Waals surface area (Å²) in [7, 11) is -2.87. The molecule has 0 amide bonds. The lowest BCUT2D eigenvalue weighted by Crippen LogP contribution is -2.20. The highest BCUT2D eigenvalue weighted by Crippen LogP contribution is 2.41. The lowest BCUT2D eigenvalue weighted by atomic mass is 9.90. The highest BCUT2D eigenvalue weighted by molar-refractivity contribution is 7.91. The predicted octanol–water partition coefficient (Wildman–Crippen LogP) is 0.922. The van der Waals surface area contributed by atoms with Gasteiger partial charge in [-0.1, -0.05) is 0 Å². The van der Waals surface area contributed by atoms with Gasteiger partial charge in [-0.25, -0.2) is 8.42 Å². The average molecular weight is 232 g/mol. The first-order chi connectivity index (χ1) is 6.98. The first-order valence-electron chi connectivity index (χ1n) is 5.41. The number of carbonyl (C=O) groups is 1. The number of aliphatic carboxylic acids is 1. The molecule has 2 aliphatic rings. The van der Waals surface area contributed by atoms with Gasteiger partial charge in [-0.05, 0) is 37.5 Å². The maximum absolute atomic E-state index is 11.2.